The van der Waals surface area contributed by atoms with E-state index in [1.807, 2.05) is 38.1 Å². The number of hydrogen-bond donors (Lipinski definition) is 2. The van der Waals surface area contributed by atoms with Crippen LogP contribution in [0, 0.1) is 13.8 Å². The van der Waals surface area contributed by atoms with Crippen molar-refractivity contribution in [3.05, 3.63) is 41.6 Å². The number of aromatic hydroxyl groups is 1. The van der Waals surface area contributed by atoms with Gasteiger partial charge in [0, 0.05) is 11.3 Å². The van der Waals surface area contributed by atoms with Gasteiger partial charge in [0.25, 0.3) is 0 Å². The van der Waals surface area contributed by atoms with Gasteiger partial charge in [-0.3, -0.25) is 0 Å². The van der Waals surface area contributed by atoms with Gasteiger partial charge in [0.2, 0.25) is 0 Å². The topological polar surface area (TPSA) is 61.8 Å². The molecule has 0 aliphatic heterocycles. The minimum atomic E-state index is 0.295. The molecule has 4 nitrogen and oxygen atoms in total. The lowest BCUT2D eigenvalue weighted by Crippen LogP contribution is -1.82. The van der Waals surface area contributed by atoms with Crippen molar-refractivity contribution in [2.45, 2.75) is 13.8 Å². The van der Waals surface area contributed by atoms with Gasteiger partial charge >= 0.3 is 0 Å². The van der Waals surface area contributed by atoms with Crippen molar-refractivity contribution < 1.29 is 5.11 Å². The number of rotatable bonds is 1. The molecule has 90 valence electrons. The average Bonchev–Trinajstić information content (AvgIpc) is 2.75. The van der Waals surface area contributed by atoms with Gasteiger partial charge in [0.1, 0.15) is 11.6 Å². The van der Waals surface area contributed by atoms with E-state index >= 15 is 0 Å². The summed E-state index contributed by atoms with van der Waals surface area (Å²) in [5, 5.41) is 9.52. The Morgan fingerprint density at radius 1 is 1.06 bits per heavy atom. The number of pyridine rings is 1. The Hall–Kier alpha value is -2.36. The second-order valence-corrected chi connectivity index (χ2v) is 4.41. The lowest BCUT2D eigenvalue weighted by atomic mass is 10.1. The minimum Gasteiger partial charge on any atom is -0.508 e. The van der Waals surface area contributed by atoms with E-state index in [2.05, 4.69) is 15.0 Å². The number of nitrogens with one attached hydrogen (secondary N) is 1. The molecule has 0 unspecified atom stereocenters. The number of benzene rings is 1. The van der Waals surface area contributed by atoms with Crippen molar-refractivity contribution in [2.24, 2.45) is 0 Å². The summed E-state index contributed by atoms with van der Waals surface area (Å²) >= 11 is 0. The molecule has 1 aromatic carbocycles. The third-order valence-corrected chi connectivity index (χ3v) is 2.96. The molecule has 2 N–H and O–H groups in total. The number of H-pyrrole nitrogens is 1. The third-order valence-electron chi connectivity index (χ3n) is 2.96. The molecule has 0 saturated heterocycles. The predicted octanol–water partition coefficient (Wildman–Crippen LogP) is 2.95. The minimum absolute atomic E-state index is 0.295. The summed E-state index contributed by atoms with van der Waals surface area (Å²) in [6, 6.07) is 9.34. The molecule has 0 radical (unpaired) electrons. The summed E-state index contributed by atoms with van der Waals surface area (Å²) in [4.78, 5) is 12.1. The van der Waals surface area contributed by atoms with Crippen LogP contribution in [-0.2, 0) is 0 Å². The van der Waals surface area contributed by atoms with E-state index < -0.39 is 0 Å². The highest BCUT2D eigenvalue weighted by Crippen LogP contribution is 2.24. The molecule has 0 fully saturated rings. The van der Waals surface area contributed by atoms with Gasteiger partial charge in [-0.1, -0.05) is 0 Å². The summed E-state index contributed by atoms with van der Waals surface area (Å²) in [5.41, 5.74) is 4.36. The Kier molecular flexibility index (Phi) is 2.30. The van der Waals surface area contributed by atoms with Crippen LogP contribution in [-0.4, -0.2) is 20.1 Å². The fourth-order valence-corrected chi connectivity index (χ4v) is 1.93. The number of phenols is 1. The second kappa shape index (κ2) is 3.84. The van der Waals surface area contributed by atoms with Crippen molar-refractivity contribution in [2.75, 3.05) is 0 Å². The van der Waals surface area contributed by atoms with Crippen LogP contribution < -0.4 is 0 Å². The van der Waals surface area contributed by atoms with E-state index in [0.29, 0.717) is 5.75 Å². The van der Waals surface area contributed by atoms with Gasteiger partial charge in [0.15, 0.2) is 5.65 Å². The number of aryl methyl sites for hydroxylation is 2. The molecule has 0 bridgehead atoms. The van der Waals surface area contributed by atoms with Crippen LogP contribution >= 0.6 is 0 Å². The predicted molar refractivity (Wildman–Crippen MR) is 70.5 cm³/mol. The SMILES string of the molecule is Cc1ccc2[nH]c(-c3ccc(O)c(C)c3)nc2n1. The van der Waals surface area contributed by atoms with Gasteiger partial charge in [0.05, 0.1) is 5.52 Å². The van der Waals surface area contributed by atoms with Crippen LogP contribution in [0.15, 0.2) is 30.3 Å². The molecule has 0 amide bonds. The highest BCUT2D eigenvalue weighted by atomic mass is 16.3. The van der Waals surface area contributed by atoms with Crippen LogP contribution in [0.25, 0.3) is 22.6 Å². The third kappa shape index (κ3) is 1.72. The van der Waals surface area contributed by atoms with E-state index in [9.17, 15) is 5.11 Å². The quantitative estimate of drug-likeness (QED) is 0.686. The van der Waals surface area contributed by atoms with E-state index in [1.165, 1.54) is 0 Å². The molecule has 0 aliphatic carbocycles. The van der Waals surface area contributed by atoms with E-state index in [1.54, 1.807) is 6.07 Å². The lowest BCUT2D eigenvalue weighted by molar-refractivity contribution is 0.471. The molecule has 18 heavy (non-hydrogen) atoms. The second-order valence-electron chi connectivity index (χ2n) is 4.41. The number of nitrogens with zero attached hydrogens (tertiary/aromatic N) is 2. The van der Waals surface area contributed by atoms with Gasteiger partial charge < -0.3 is 10.1 Å². The van der Waals surface area contributed by atoms with E-state index in [-0.39, 0.29) is 0 Å². The maximum Gasteiger partial charge on any atom is 0.178 e. The molecule has 3 rings (SSSR count). The molecule has 4 heteroatoms. The normalized spacial score (nSPS) is 11.0. The van der Waals surface area contributed by atoms with Crippen LogP contribution in [0.3, 0.4) is 0 Å². The summed E-state index contributed by atoms with van der Waals surface area (Å²) in [7, 11) is 0. The summed E-state index contributed by atoms with van der Waals surface area (Å²) in [6.45, 7) is 3.81. The zero-order valence-corrected chi connectivity index (χ0v) is 10.2. The first-order valence-electron chi connectivity index (χ1n) is 5.77. The molecular weight excluding hydrogens is 226 g/mol. The average molecular weight is 239 g/mol. The van der Waals surface area contributed by atoms with Crippen molar-refractivity contribution in [1.29, 1.82) is 0 Å². The standard InChI is InChI=1S/C14H13N3O/c1-8-7-10(4-6-12(8)18)13-16-11-5-3-9(2)15-14(11)17-13/h3-7,18H,1-2H3,(H,15,16,17). The molecule has 2 heterocycles. The molecular formula is C14H13N3O. The number of phenolic OH excluding ortho intramolecular Hbond substituents is 1. The highest BCUT2D eigenvalue weighted by Gasteiger charge is 2.07. The van der Waals surface area contributed by atoms with Crippen LogP contribution in [0.5, 0.6) is 5.75 Å². The Labute approximate surface area is 104 Å². The molecule has 0 aliphatic rings. The molecule has 0 spiro atoms. The van der Waals surface area contributed by atoms with E-state index in [0.717, 1.165) is 33.8 Å². The van der Waals surface area contributed by atoms with Gasteiger partial charge in [-0.15, -0.1) is 0 Å². The van der Waals surface area contributed by atoms with Crippen molar-refractivity contribution in [1.82, 2.24) is 15.0 Å². The maximum absolute atomic E-state index is 9.52. The van der Waals surface area contributed by atoms with Crippen LogP contribution in [0.4, 0.5) is 0 Å². The first kappa shape index (κ1) is 10.8. The Morgan fingerprint density at radius 2 is 1.89 bits per heavy atom. The Morgan fingerprint density at radius 3 is 2.67 bits per heavy atom. The van der Waals surface area contributed by atoms with Crippen molar-refractivity contribution in [3.8, 4) is 17.1 Å². The maximum atomic E-state index is 9.52. The highest BCUT2D eigenvalue weighted by molar-refractivity contribution is 5.76. The zero-order valence-electron chi connectivity index (χ0n) is 10.2. The van der Waals surface area contributed by atoms with Crippen molar-refractivity contribution >= 4 is 11.2 Å². The fraction of sp³-hybridized carbons (Fsp3) is 0.143. The summed E-state index contributed by atoms with van der Waals surface area (Å²) < 4.78 is 0. The zero-order chi connectivity index (χ0) is 12.7. The lowest BCUT2D eigenvalue weighted by Gasteiger charge is -2.00. The number of fused-ring (bicyclic) bond motifs is 1. The molecule has 0 atom stereocenters. The van der Waals surface area contributed by atoms with Gasteiger partial charge in [-0.05, 0) is 49.7 Å². The number of aromatic nitrogens is 3. The number of hydrogen-bond acceptors (Lipinski definition) is 3. The van der Waals surface area contributed by atoms with Gasteiger partial charge in [-0.25, -0.2) is 9.97 Å². The monoisotopic (exact) mass is 239 g/mol. The number of aromatic amines is 1. The van der Waals surface area contributed by atoms with Gasteiger partial charge in [-0.2, -0.15) is 0 Å². The first-order chi connectivity index (χ1) is 8.63. The summed E-state index contributed by atoms with van der Waals surface area (Å²) in [6.07, 6.45) is 0. The largest absolute Gasteiger partial charge is 0.508 e. The van der Waals surface area contributed by atoms with Crippen molar-refractivity contribution in [3.63, 3.8) is 0 Å². The van der Waals surface area contributed by atoms with Crippen LogP contribution in [0.1, 0.15) is 11.3 Å². The summed E-state index contributed by atoms with van der Waals surface area (Å²) in [5.74, 6) is 1.06. The Bertz CT molecular complexity index is 731. The molecule has 3 aromatic rings. The van der Waals surface area contributed by atoms with Crippen LogP contribution in [0.2, 0.25) is 0 Å². The van der Waals surface area contributed by atoms with E-state index in [4.69, 9.17) is 0 Å². The number of imidazole rings is 1. The smallest absolute Gasteiger partial charge is 0.178 e. The Balaban J connectivity index is 2.16. The first-order valence-corrected chi connectivity index (χ1v) is 5.77. The fourth-order valence-electron chi connectivity index (χ4n) is 1.93. The molecule has 0 saturated carbocycles. The molecule has 2 aromatic heterocycles.